The largest absolute Gasteiger partial charge is 0.497 e. The second-order valence-corrected chi connectivity index (χ2v) is 4.85. The Balaban J connectivity index is 0.000000246. The molecule has 5 nitrogen and oxygen atoms in total. The van der Waals surface area contributed by atoms with Gasteiger partial charge in [-0.3, -0.25) is 0 Å². The number of ether oxygens (including phenoxy) is 3. The van der Waals surface area contributed by atoms with Crippen LogP contribution in [0.25, 0.3) is 0 Å². The lowest BCUT2D eigenvalue weighted by atomic mass is 10.2. The molecule has 118 valence electrons. The fourth-order valence-corrected chi connectivity index (χ4v) is 1.93. The highest BCUT2D eigenvalue weighted by molar-refractivity contribution is 5.87. The van der Waals surface area contributed by atoms with E-state index in [9.17, 15) is 4.79 Å². The molecule has 0 radical (unpaired) electrons. The molecule has 0 saturated carbocycles. The average Bonchev–Trinajstić information content (AvgIpc) is 2.58. The van der Waals surface area contributed by atoms with Crippen LogP contribution < -0.4 is 4.74 Å². The van der Waals surface area contributed by atoms with E-state index < -0.39 is 5.97 Å². The van der Waals surface area contributed by atoms with Crippen molar-refractivity contribution in [3.8, 4) is 5.75 Å². The third-order valence-corrected chi connectivity index (χ3v) is 3.12. The smallest absolute Gasteiger partial charge is 0.335 e. The van der Waals surface area contributed by atoms with Crippen molar-refractivity contribution in [2.24, 2.45) is 0 Å². The van der Waals surface area contributed by atoms with Crippen molar-refractivity contribution in [1.82, 2.24) is 0 Å². The van der Waals surface area contributed by atoms with E-state index in [1.54, 1.807) is 30.5 Å². The van der Waals surface area contributed by atoms with Gasteiger partial charge in [0.2, 0.25) is 0 Å². The predicted molar refractivity (Wildman–Crippen MR) is 81.9 cm³/mol. The molecule has 2 heterocycles. The van der Waals surface area contributed by atoms with Crippen molar-refractivity contribution in [2.45, 2.75) is 19.3 Å². The van der Waals surface area contributed by atoms with Crippen LogP contribution in [0.4, 0.5) is 0 Å². The third-order valence-electron chi connectivity index (χ3n) is 3.12. The van der Waals surface area contributed by atoms with Gasteiger partial charge >= 0.3 is 5.97 Å². The molecule has 3 rings (SSSR count). The summed E-state index contributed by atoms with van der Waals surface area (Å²) in [6.07, 6.45) is 8.99. The highest BCUT2D eigenvalue weighted by Crippen LogP contribution is 2.17. The van der Waals surface area contributed by atoms with Crippen LogP contribution in [0.2, 0.25) is 0 Å². The molecule has 0 aromatic heterocycles. The first-order chi connectivity index (χ1) is 10.8. The Kier molecular flexibility index (Phi) is 6.51. The van der Waals surface area contributed by atoms with Crippen LogP contribution in [0, 0.1) is 0 Å². The number of allylic oxidation sites excluding steroid dienone is 1. The second-order valence-electron chi connectivity index (χ2n) is 4.85. The summed E-state index contributed by atoms with van der Waals surface area (Å²) in [5.41, 5.74) is 0.240. The van der Waals surface area contributed by atoms with Crippen LogP contribution >= 0.6 is 0 Å². The van der Waals surface area contributed by atoms with Gasteiger partial charge in [0.25, 0.3) is 0 Å². The van der Waals surface area contributed by atoms with E-state index in [0.717, 1.165) is 13.2 Å². The molecule has 2 aliphatic heterocycles. The van der Waals surface area contributed by atoms with Crippen LogP contribution in [0.1, 0.15) is 29.6 Å². The Morgan fingerprint density at radius 3 is 2.27 bits per heavy atom. The Labute approximate surface area is 129 Å². The zero-order chi connectivity index (χ0) is 15.6. The molecule has 0 bridgehead atoms. The first kappa shape index (κ1) is 16.1. The summed E-state index contributed by atoms with van der Waals surface area (Å²) in [7, 11) is 0. The number of carboxylic acid groups (broad SMARTS) is 1. The number of hydrogen-bond acceptors (Lipinski definition) is 4. The number of carboxylic acids is 1. The molecule has 0 spiro atoms. The van der Waals surface area contributed by atoms with E-state index >= 15 is 0 Å². The zero-order valence-electron chi connectivity index (χ0n) is 12.4. The summed E-state index contributed by atoms with van der Waals surface area (Å²) in [6.45, 7) is 2.49. The van der Waals surface area contributed by atoms with Crippen LogP contribution in [-0.2, 0) is 9.47 Å². The summed E-state index contributed by atoms with van der Waals surface area (Å²) in [5, 5.41) is 8.72. The normalized spacial score (nSPS) is 16.6. The first-order valence-electron chi connectivity index (χ1n) is 7.33. The van der Waals surface area contributed by atoms with E-state index in [-0.39, 0.29) is 5.56 Å². The molecule has 5 heteroatoms. The SMILES string of the molecule is C1CCOCC1.O=C(O)c1ccc(OC2=CCOC=C2)cc1. The summed E-state index contributed by atoms with van der Waals surface area (Å²) in [4.78, 5) is 10.6. The molecular weight excluding hydrogens is 284 g/mol. The molecule has 0 amide bonds. The summed E-state index contributed by atoms with van der Waals surface area (Å²) < 4.78 is 15.5. The van der Waals surface area contributed by atoms with Gasteiger partial charge in [-0.05, 0) is 49.6 Å². The molecule has 0 unspecified atom stereocenters. The van der Waals surface area contributed by atoms with Crippen molar-refractivity contribution in [3.63, 3.8) is 0 Å². The van der Waals surface area contributed by atoms with Crippen molar-refractivity contribution >= 4 is 5.97 Å². The van der Waals surface area contributed by atoms with Gasteiger partial charge in [-0.15, -0.1) is 0 Å². The number of rotatable bonds is 3. The highest BCUT2D eigenvalue weighted by atomic mass is 16.5. The van der Waals surface area contributed by atoms with Crippen molar-refractivity contribution in [2.75, 3.05) is 19.8 Å². The Hall–Kier alpha value is -2.27. The Morgan fingerprint density at radius 2 is 1.82 bits per heavy atom. The third kappa shape index (κ3) is 5.61. The predicted octanol–water partition coefficient (Wildman–Crippen LogP) is 3.38. The van der Waals surface area contributed by atoms with Crippen molar-refractivity contribution in [3.05, 3.63) is 54.0 Å². The molecule has 1 N–H and O–H groups in total. The van der Waals surface area contributed by atoms with Crippen molar-refractivity contribution < 1.29 is 24.1 Å². The molecule has 22 heavy (non-hydrogen) atoms. The van der Waals surface area contributed by atoms with Gasteiger partial charge in [-0.2, -0.15) is 0 Å². The number of benzene rings is 1. The van der Waals surface area contributed by atoms with Gasteiger partial charge in [0.05, 0.1) is 11.8 Å². The highest BCUT2D eigenvalue weighted by Gasteiger charge is 2.04. The standard InChI is InChI=1S/C12H10O4.C5H10O/c13-12(14)9-1-3-10(4-2-9)16-11-5-7-15-8-6-11;1-2-4-6-5-3-1/h1-7H,8H2,(H,13,14);1-5H2. The van der Waals surface area contributed by atoms with E-state index in [0.29, 0.717) is 18.1 Å². The van der Waals surface area contributed by atoms with Crippen LogP contribution in [0.3, 0.4) is 0 Å². The lowest BCUT2D eigenvalue weighted by molar-refractivity contribution is 0.0697. The fourth-order valence-electron chi connectivity index (χ4n) is 1.93. The van der Waals surface area contributed by atoms with Gasteiger partial charge in [0.15, 0.2) is 0 Å². The van der Waals surface area contributed by atoms with Crippen LogP contribution in [0.5, 0.6) is 5.75 Å². The van der Waals surface area contributed by atoms with Gasteiger partial charge in [0.1, 0.15) is 18.1 Å². The van der Waals surface area contributed by atoms with Gasteiger partial charge < -0.3 is 19.3 Å². The molecular formula is C17H20O5. The van der Waals surface area contributed by atoms with E-state index in [1.165, 1.54) is 31.4 Å². The summed E-state index contributed by atoms with van der Waals surface area (Å²) >= 11 is 0. The number of carbonyl (C=O) groups is 1. The molecule has 2 aliphatic rings. The minimum absolute atomic E-state index is 0.240. The quantitative estimate of drug-likeness (QED) is 0.927. The molecule has 1 aromatic carbocycles. The van der Waals surface area contributed by atoms with Crippen molar-refractivity contribution in [1.29, 1.82) is 0 Å². The molecule has 1 saturated heterocycles. The lowest BCUT2D eigenvalue weighted by Gasteiger charge is -2.09. The molecule has 0 aliphatic carbocycles. The van der Waals surface area contributed by atoms with Gasteiger partial charge in [0, 0.05) is 19.3 Å². The first-order valence-corrected chi connectivity index (χ1v) is 7.33. The maximum Gasteiger partial charge on any atom is 0.335 e. The van der Waals surface area contributed by atoms with E-state index in [4.69, 9.17) is 19.3 Å². The average molecular weight is 304 g/mol. The summed E-state index contributed by atoms with van der Waals surface area (Å²) in [6, 6.07) is 6.24. The van der Waals surface area contributed by atoms with E-state index in [1.807, 2.05) is 0 Å². The van der Waals surface area contributed by atoms with Crippen LogP contribution in [0.15, 0.2) is 48.4 Å². The summed E-state index contributed by atoms with van der Waals surface area (Å²) in [5.74, 6) is 0.342. The van der Waals surface area contributed by atoms with E-state index in [2.05, 4.69) is 0 Å². The van der Waals surface area contributed by atoms with Gasteiger partial charge in [-0.25, -0.2) is 4.79 Å². The maximum absolute atomic E-state index is 10.6. The Bertz CT molecular complexity index is 515. The van der Waals surface area contributed by atoms with Gasteiger partial charge in [-0.1, -0.05) is 0 Å². The topological polar surface area (TPSA) is 65.0 Å². The minimum Gasteiger partial charge on any atom is -0.497 e. The zero-order valence-corrected chi connectivity index (χ0v) is 12.4. The molecule has 0 atom stereocenters. The fraction of sp³-hybridized carbons (Fsp3) is 0.353. The lowest BCUT2D eigenvalue weighted by Crippen LogP contribution is -2.03. The minimum atomic E-state index is -0.947. The number of hydrogen-bond donors (Lipinski definition) is 1. The maximum atomic E-state index is 10.6. The monoisotopic (exact) mass is 304 g/mol. The Morgan fingerprint density at radius 1 is 1.09 bits per heavy atom. The molecule has 1 aromatic rings. The van der Waals surface area contributed by atoms with Crippen LogP contribution in [-0.4, -0.2) is 30.9 Å². The molecule has 1 fully saturated rings. The number of aromatic carboxylic acids is 1. The second kappa shape index (κ2) is 8.89.